The number of rotatable bonds is 8. The molecule has 0 saturated heterocycles. The lowest BCUT2D eigenvalue weighted by Gasteiger charge is -2.13. The van der Waals surface area contributed by atoms with E-state index in [2.05, 4.69) is 35.8 Å². The number of aromatic nitrogens is 3. The smallest absolute Gasteiger partial charge is 0.315 e. The highest BCUT2D eigenvalue weighted by Crippen LogP contribution is 2.42. The van der Waals surface area contributed by atoms with Crippen molar-refractivity contribution in [2.75, 3.05) is 10.6 Å². The Morgan fingerprint density at radius 1 is 0.826 bits per heavy atom. The number of anilines is 4. The Balaban J connectivity index is 1.43. The number of fused-ring (bicyclic) bond motifs is 2. The Morgan fingerprint density at radius 3 is 2.20 bits per heavy atom. The SMILES string of the molecule is O=S(O)c1cc(Nc2nc(F)nc(Nc3ccc(Cl)cc3)n2)c2c(O)c(/N=N/c3ccc4ccccc4c3S(=O)(=O)O)ccc2c1. The highest BCUT2D eigenvalue weighted by Gasteiger charge is 2.21. The first-order valence-electron chi connectivity index (χ1n) is 13.0. The first kappa shape index (κ1) is 30.9. The molecule has 0 spiro atoms. The minimum atomic E-state index is -4.73. The number of azo groups is 1. The number of aromatic hydroxyl groups is 1. The third-order valence-corrected chi connectivity index (χ3v) is 8.42. The lowest BCUT2D eigenvalue weighted by atomic mass is 10.1. The van der Waals surface area contributed by atoms with Gasteiger partial charge in [0.25, 0.3) is 10.1 Å². The van der Waals surface area contributed by atoms with Crippen LogP contribution < -0.4 is 10.6 Å². The summed E-state index contributed by atoms with van der Waals surface area (Å²) >= 11 is 3.46. The molecule has 232 valence electrons. The average molecular weight is 680 g/mol. The molecule has 0 aliphatic rings. The van der Waals surface area contributed by atoms with Crippen LogP contribution in [0.2, 0.25) is 5.02 Å². The van der Waals surface area contributed by atoms with Crippen LogP contribution in [-0.2, 0) is 21.2 Å². The van der Waals surface area contributed by atoms with Gasteiger partial charge in [-0.25, -0.2) is 4.21 Å². The molecule has 1 heterocycles. The molecule has 0 aliphatic heterocycles. The van der Waals surface area contributed by atoms with Crippen LogP contribution in [0, 0.1) is 6.08 Å². The van der Waals surface area contributed by atoms with E-state index in [0.717, 1.165) is 0 Å². The first-order chi connectivity index (χ1) is 22.0. The summed E-state index contributed by atoms with van der Waals surface area (Å²) in [6.07, 6.45) is -1.15. The maximum atomic E-state index is 14.4. The van der Waals surface area contributed by atoms with Gasteiger partial charge in [-0.2, -0.15) is 27.8 Å². The third-order valence-electron chi connectivity index (χ3n) is 6.58. The number of halogens is 2. The lowest BCUT2D eigenvalue weighted by Crippen LogP contribution is -2.06. The Labute approximate surface area is 266 Å². The summed E-state index contributed by atoms with van der Waals surface area (Å²) in [5.74, 6) is -0.957. The van der Waals surface area contributed by atoms with Crippen molar-refractivity contribution >= 4 is 89.0 Å². The zero-order chi connectivity index (χ0) is 32.6. The van der Waals surface area contributed by atoms with Crippen molar-refractivity contribution in [1.29, 1.82) is 0 Å². The van der Waals surface area contributed by atoms with Crippen molar-refractivity contribution in [2.24, 2.45) is 10.2 Å². The van der Waals surface area contributed by atoms with Gasteiger partial charge in [0.1, 0.15) is 16.3 Å². The van der Waals surface area contributed by atoms with Gasteiger partial charge < -0.3 is 20.3 Å². The molecule has 5 N–H and O–H groups in total. The second-order valence-electron chi connectivity index (χ2n) is 9.57. The van der Waals surface area contributed by atoms with Gasteiger partial charge in [-0.1, -0.05) is 48.0 Å². The zero-order valence-corrected chi connectivity index (χ0v) is 25.3. The monoisotopic (exact) mass is 679 g/mol. The van der Waals surface area contributed by atoms with Gasteiger partial charge in [0.2, 0.25) is 11.9 Å². The van der Waals surface area contributed by atoms with E-state index in [1.165, 1.54) is 36.4 Å². The molecule has 0 amide bonds. The number of nitrogens with zero attached hydrogens (tertiary/aromatic N) is 5. The fraction of sp³-hybridized carbons (Fsp3) is 0. The van der Waals surface area contributed by atoms with Gasteiger partial charge in [0.05, 0.1) is 10.6 Å². The summed E-state index contributed by atoms with van der Waals surface area (Å²) in [6, 6.07) is 21.3. The van der Waals surface area contributed by atoms with Crippen LogP contribution in [0.4, 0.5) is 39.0 Å². The van der Waals surface area contributed by atoms with Gasteiger partial charge in [-0.15, -0.1) is 10.2 Å². The van der Waals surface area contributed by atoms with Gasteiger partial charge in [-0.3, -0.25) is 4.55 Å². The lowest BCUT2D eigenvalue weighted by molar-refractivity contribution is 0.482. The second kappa shape index (κ2) is 12.3. The van der Waals surface area contributed by atoms with Crippen molar-refractivity contribution in [3.05, 3.63) is 96.0 Å². The number of nitrogens with one attached hydrogen (secondary N) is 2. The van der Waals surface area contributed by atoms with Gasteiger partial charge >= 0.3 is 6.08 Å². The van der Waals surface area contributed by atoms with E-state index in [0.29, 0.717) is 16.1 Å². The number of benzene rings is 5. The van der Waals surface area contributed by atoms with Crippen LogP contribution in [0.3, 0.4) is 0 Å². The summed E-state index contributed by atoms with van der Waals surface area (Å²) in [6.45, 7) is 0. The van der Waals surface area contributed by atoms with Crippen molar-refractivity contribution in [3.63, 3.8) is 0 Å². The molecule has 1 atom stereocenters. The van der Waals surface area contributed by atoms with Crippen molar-refractivity contribution in [1.82, 2.24) is 15.0 Å². The minimum absolute atomic E-state index is 0.00294. The van der Waals surface area contributed by atoms with Crippen LogP contribution in [0.25, 0.3) is 21.5 Å². The Morgan fingerprint density at radius 2 is 1.48 bits per heavy atom. The molecule has 0 radical (unpaired) electrons. The van der Waals surface area contributed by atoms with Gasteiger partial charge in [-0.05, 0) is 59.3 Å². The molecule has 0 bridgehead atoms. The molecule has 46 heavy (non-hydrogen) atoms. The number of hydrogen-bond donors (Lipinski definition) is 5. The van der Waals surface area contributed by atoms with Crippen molar-refractivity contribution in [3.8, 4) is 5.75 Å². The standard InChI is InChI=1S/C29H19ClFN7O6S2/c30-17-7-9-18(10-8-17)32-28-34-27(31)35-29(36-28)33-23-14-19(45(40)41)13-16-6-11-21(25(39)24(16)23)37-38-22-12-5-15-3-1-2-4-20(15)26(22)46(42,43)44/h1-14,39H,(H,40,41)(H,42,43,44)(H2,32,33,34,35,36)/b38-37+. The summed E-state index contributed by atoms with van der Waals surface area (Å²) in [4.78, 5) is 10.9. The first-order valence-corrected chi connectivity index (χ1v) is 15.9. The highest BCUT2D eigenvalue weighted by atomic mass is 35.5. The van der Waals surface area contributed by atoms with Crippen LogP contribution in [-0.4, -0.2) is 41.8 Å². The number of hydrogen-bond acceptors (Lipinski definition) is 11. The molecule has 6 aromatic rings. The Kier molecular flexibility index (Phi) is 8.28. The Hall–Kier alpha value is -5.13. The van der Waals surface area contributed by atoms with E-state index in [9.17, 15) is 31.2 Å². The van der Waals surface area contributed by atoms with Gasteiger partial charge in [0, 0.05) is 21.5 Å². The van der Waals surface area contributed by atoms with Crippen molar-refractivity contribution < 1.29 is 31.2 Å². The molecule has 13 nitrogen and oxygen atoms in total. The quantitative estimate of drug-likeness (QED) is 0.0609. The maximum absolute atomic E-state index is 14.4. The van der Waals surface area contributed by atoms with Crippen LogP contribution in [0.15, 0.2) is 105 Å². The highest BCUT2D eigenvalue weighted by molar-refractivity contribution is 7.86. The predicted molar refractivity (Wildman–Crippen MR) is 170 cm³/mol. The average Bonchev–Trinajstić information content (AvgIpc) is 3.00. The van der Waals surface area contributed by atoms with E-state index in [1.54, 1.807) is 48.5 Å². The van der Waals surface area contributed by atoms with Crippen molar-refractivity contribution in [2.45, 2.75) is 9.79 Å². The molecule has 1 unspecified atom stereocenters. The molecule has 17 heteroatoms. The summed E-state index contributed by atoms with van der Waals surface area (Å²) in [5, 5.41) is 26.5. The third kappa shape index (κ3) is 6.46. The van der Waals surface area contributed by atoms with Crippen LogP contribution in [0.1, 0.15) is 0 Å². The predicted octanol–water partition coefficient (Wildman–Crippen LogP) is 7.41. The summed E-state index contributed by atoms with van der Waals surface area (Å²) < 4.78 is 70.8. The fourth-order valence-electron chi connectivity index (χ4n) is 4.62. The largest absolute Gasteiger partial charge is 0.505 e. The molecule has 5 aromatic carbocycles. The molecule has 1 aromatic heterocycles. The molecular formula is C29H19ClFN7O6S2. The fourth-order valence-corrected chi connectivity index (χ4v) is 6.03. The van der Waals surface area contributed by atoms with E-state index < -0.39 is 37.9 Å². The van der Waals surface area contributed by atoms with Crippen LogP contribution in [0.5, 0.6) is 5.75 Å². The van der Waals surface area contributed by atoms with E-state index in [-0.39, 0.29) is 50.0 Å². The molecule has 0 saturated carbocycles. The summed E-state index contributed by atoms with van der Waals surface area (Å²) in [7, 11) is -4.73. The molecule has 6 rings (SSSR count). The minimum Gasteiger partial charge on any atom is -0.505 e. The number of phenols is 1. The topological polar surface area (TPSA) is 199 Å². The summed E-state index contributed by atoms with van der Waals surface area (Å²) in [5.41, 5.74) is 0.179. The van der Waals surface area contributed by atoms with E-state index in [4.69, 9.17) is 11.6 Å². The van der Waals surface area contributed by atoms with Gasteiger partial charge in [0.15, 0.2) is 16.8 Å². The maximum Gasteiger partial charge on any atom is 0.315 e. The molecule has 0 fully saturated rings. The number of phenolic OH excluding ortho intramolecular Hbond substituents is 1. The Bertz CT molecular complexity index is 2330. The molecule has 0 aliphatic carbocycles. The van der Waals surface area contributed by atoms with E-state index in [1.807, 2.05) is 0 Å². The normalized spacial score (nSPS) is 12.5. The van der Waals surface area contributed by atoms with Crippen LogP contribution >= 0.6 is 11.6 Å². The zero-order valence-electron chi connectivity index (χ0n) is 23.0. The molecular weight excluding hydrogens is 661 g/mol. The van der Waals surface area contributed by atoms with E-state index >= 15 is 0 Å². The second-order valence-corrected chi connectivity index (χ2v) is 12.3.